The number of carbonyl (C=O) groups is 2. The number of halogens is 5. The molecule has 3 N–H and O–H groups in total. The summed E-state index contributed by atoms with van der Waals surface area (Å²) >= 11 is 0.598. The van der Waals surface area contributed by atoms with Gasteiger partial charge in [-0.25, -0.2) is 4.98 Å². The quantitative estimate of drug-likeness (QED) is 0.329. The highest BCUT2D eigenvalue weighted by molar-refractivity contribution is 7.10. The molecule has 0 spiro atoms. The van der Waals surface area contributed by atoms with E-state index < -0.39 is 35.8 Å². The fourth-order valence-electron chi connectivity index (χ4n) is 3.08. The van der Waals surface area contributed by atoms with Crippen LogP contribution in [-0.4, -0.2) is 43.8 Å². The Morgan fingerprint density at radius 1 is 1.03 bits per heavy atom. The lowest BCUT2D eigenvalue weighted by molar-refractivity contribution is -0.286. The molecule has 0 fully saturated rings. The van der Waals surface area contributed by atoms with E-state index in [2.05, 4.69) is 44.2 Å². The van der Waals surface area contributed by atoms with Gasteiger partial charge in [-0.3, -0.25) is 20.2 Å². The van der Waals surface area contributed by atoms with Crippen LogP contribution < -0.4 is 24.8 Å². The smallest absolute Gasteiger partial charge is 0.405 e. The molecule has 3 heterocycles. The number of aromatic amines is 1. The molecule has 0 aliphatic carbocycles. The molecule has 0 atom stereocenters. The number of aromatic nitrogens is 4. The Labute approximate surface area is 199 Å². The standard InChI is InChI=1S/C19H9F5N6O5S/c20-18(21,22)33-10-4-2-1-3-7(10)14(31)29-17-27-13(30-36-17)15(32)28-16-25-8-5-11-12(6-9(8)26-16)35-19(23,24)34-11/h1-6H,(H2,25,26,28,32)(H,27,29,30,31). The highest BCUT2D eigenvalue weighted by Crippen LogP contribution is 2.43. The molecule has 5 rings (SSSR count). The van der Waals surface area contributed by atoms with Crippen LogP contribution in [0.1, 0.15) is 21.0 Å². The van der Waals surface area contributed by atoms with E-state index in [0.29, 0.717) is 11.5 Å². The number of benzene rings is 2. The van der Waals surface area contributed by atoms with E-state index in [4.69, 9.17) is 0 Å². The fourth-order valence-corrected chi connectivity index (χ4v) is 3.64. The van der Waals surface area contributed by atoms with Gasteiger partial charge in [-0.1, -0.05) is 12.1 Å². The van der Waals surface area contributed by atoms with E-state index in [9.17, 15) is 31.5 Å². The Kier molecular flexibility index (Phi) is 5.35. The molecule has 11 nitrogen and oxygen atoms in total. The van der Waals surface area contributed by atoms with Crippen LogP contribution in [0.25, 0.3) is 11.0 Å². The lowest BCUT2D eigenvalue weighted by Gasteiger charge is -2.12. The average Bonchev–Trinajstić information content (AvgIpc) is 3.46. The van der Waals surface area contributed by atoms with Crippen molar-refractivity contribution in [2.45, 2.75) is 12.7 Å². The zero-order chi connectivity index (χ0) is 25.7. The summed E-state index contributed by atoms with van der Waals surface area (Å²) in [6.45, 7) is 0. The Bertz CT molecular complexity index is 1460. The minimum absolute atomic E-state index is 0.0796. The Morgan fingerprint density at radius 3 is 2.50 bits per heavy atom. The van der Waals surface area contributed by atoms with Crippen LogP contribution in [0.5, 0.6) is 17.2 Å². The molecule has 0 bridgehead atoms. The number of anilines is 2. The Balaban J connectivity index is 1.27. The number of para-hydroxylation sites is 1. The predicted octanol–water partition coefficient (Wildman–Crippen LogP) is 4.14. The van der Waals surface area contributed by atoms with Crippen LogP contribution in [0.2, 0.25) is 0 Å². The van der Waals surface area contributed by atoms with Crippen molar-refractivity contribution in [3.63, 3.8) is 0 Å². The first-order valence-electron chi connectivity index (χ1n) is 9.56. The minimum atomic E-state index is -5.01. The van der Waals surface area contributed by atoms with E-state index in [-0.39, 0.29) is 39.4 Å². The molecule has 1 aliphatic heterocycles. The van der Waals surface area contributed by atoms with Gasteiger partial charge in [0.05, 0.1) is 16.6 Å². The van der Waals surface area contributed by atoms with Crippen LogP contribution in [-0.2, 0) is 0 Å². The number of nitrogens with one attached hydrogen (secondary N) is 3. The van der Waals surface area contributed by atoms with E-state index in [1.54, 1.807) is 0 Å². The van der Waals surface area contributed by atoms with Gasteiger partial charge in [-0.2, -0.15) is 9.36 Å². The minimum Gasteiger partial charge on any atom is -0.405 e. The van der Waals surface area contributed by atoms with Crippen molar-refractivity contribution in [3.05, 3.63) is 47.8 Å². The molecule has 1 aliphatic rings. The van der Waals surface area contributed by atoms with Gasteiger partial charge in [0.2, 0.25) is 16.9 Å². The lowest BCUT2D eigenvalue weighted by atomic mass is 10.2. The monoisotopic (exact) mass is 528 g/mol. The van der Waals surface area contributed by atoms with Gasteiger partial charge < -0.3 is 19.2 Å². The van der Waals surface area contributed by atoms with Crippen molar-refractivity contribution >= 4 is 45.5 Å². The summed E-state index contributed by atoms with van der Waals surface area (Å²) in [5, 5.41) is 4.43. The van der Waals surface area contributed by atoms with E-state index in [1.807, 2.05) is 0 Å². The molecule has 0 saturated heterocycles. The average molecular weight is 528 g/mol. The van der Waals surface area contributed by atoms with Gasteiger partial charge >= 0.3 is 12.7 Å². The molecule has 0 unspecified atom stereocenters. The second-order valence-electron chi connectivity index (χ2n) is 6.94. The number of nitrogens with zero attached hydrogens (tertiary/aromatic N) is 3. The summed E-state index contributed by atoms with van der Waals surface area (Å²) in [5.41, 5.74) is 0.0180. The molecule has 4 aromatic rings. The fraction of sp³-hybridized carbons (Fsp3) is 0.105. The first-order chi connectivity index (χ1) is 17.0. The van der Waals surface area contributed by atoms with Crippen LogP contribution in [0.4, 0.5) is 33.0 Å². The summed E-state index contributed by atoms with van der Waals surface area (Å²) in [7, 11) is 0. The number of amides is 2. The molecular weight excluding hydrogens is 519 g/mol. The summed E-state index contributed by atoms with van der Waals surface area (Å²) < 4.78 is 80.4. The number of carbonyl (C=O) groups excluding carboxylic acids is 2. The summed E-state index contributed by atoms with van der Waals surface area (Å²) in [6, 6.07) is 7.07. The largest absolute Gasteiger partial charge is 0.586 e. The van der Waals surface area contributed by atoms with Crippen molar-refractivity contribution in [2.24, 2.45) is 0 Å². The van der Waals surface area contributed by atoms with Crippen molar-refractivity contribution in [1.29, 1.82) is 0 Å². The van der Waals surface area contributed by atoms with E-state index in [0.717, 1.165) is 12.1 Å². The first kappa shape index (κ1) is 23.2. The maximum atomic E-state index is 13.2. The van der Waals surface area contributed by atoms with Crippen LogP contribution in [0, 0.1) is 0 Å². The molecule has 36 heavy (non-hydrogen) atoms. The van der Waals surface area contributed by atoms with Crippen molar-refractivity contribution in [1.82, 2.24) is 19.3 Å². The van der Waals surface area contributed by atoms with Gasteiger partial charge in [0.15, 0.2) is 11.5 Å². The molecule has 2 aromatic carbocycles. The van der Waals surface area contributed by atoms with Crippen LogP contribution in [0.15, 0.2) is 36.4 Å². The number of fused-ring (bicyclic) bond motifs is 2. The number of rotatable bonds is 5. The summed E-state index contributed by atoms with van der Waals surface area (Å²) in [6.07, 6.45) is -8.80. The van der Waals surface area contributed by atoms with Gasteiger partial charge in [-0.05, 0) is 12.1 Å². The van der Waals surface area contributed by atoms with Gasteiger partial charge in [0.1, 0.15) is 5.75 Å². The third-order valence-electron chi connectivity index (χ3n) is 4.44. The van der Waals surface area contributed by atoms with Crippen LogP contribution >= 0.6 is 11.5 Å². The Morgan fingerprint density at radius 2 is 1.75 bits per heavy atom. The number of hydrogen-bond donors (Lipinski definition) is 3. The molecule has 2 aromatic heterocycles. The topological polar surface area (TPSA) is 140 Å². The third kappa shape index (κ3) is 4.81. The number of H-pyrrole nitrogens is 1. The van der Waals surface area contributed by atoms with E-state index in [1.165, 1.54) is 24.3 Å². The molecule has 0 radical (unpaired) electrons. The maximum Gasteiger partial charge on any atom is 0.586 e. The molecule has 17 heteroatoms. The zero-order valence-corrected chi connectivity index (χ0v) is 18.0. The summed E-state index contributed by atoms with van der Waals surface area (Å²) in [4.78, 5) is 35.4. The van der Waals surface area contributed by atoms with Crippen molar-refractivity contribution < 1.29 is 45.8 Å². The number of alkyl halides is 5. The highest BCUT2D eigenvalue weighted by Gasteiger charge is 2.43. The van der Waals surface area contributed by atoms with Gasteiger partial charge in [-0.15, -0.1) is 22.0 Å². The van der Waals surface area contributed by atoms with E-state index >= 15 is 0 Å². The van der Waals surface area contributed by atoms with Crippen molar-refractivity contribution in [2.75, 3.05) is 10.6 Å². The Hall–Kier alpha value is -4.54. The normalized spacial score (nSPS) is 14.0. The van der Waals surface area contributed by atoms with Crippen LogP contribution in [0.3, 0.4) is 0 Å². The lowest BCUT2D eigenvalue weighted by Crippen LogP contribution is -2.25. The predicted molar refractivity (Wildman–Crippen MR) is 111 cm³/mol. The molecule has 0 saturated carbocycles. The molecular formula is C19H9F5N6O5S. The zero-order valence-electron chi connectivity index (χ0n) is 17.1. The second kappa shape index (κ2) is 8.29. The first-order valence-corrected chi connectivity index (χ1v) is 10.3. The van der Waals surface area contributed by atoms with Gasteiger partial charge in [0, 0.05) is 23.7 Å². The second-order valence-corrected chi connectivity index (χ2v) is 7.70. The summed E-state index contributed by atoms with van der Waals surface area (Å²) in [5.74, 6) is -3.47. The number of ether oxygens (including phenoxy) is 3. The number of hydrogen-bond acceptors (Lipinski definition) is 9. The third-order valence-corrected chi connectivity index (χ3v) is 5.07. The van der Waals surface area contributed by atoms with Crippen molar-refractivity contribution in [3.8, 4) is 17.2 Å². The number of imidazole rings is 1. The van der Waals surface area contributed by atoms with Gasteiger partial charge in [0.25, 0.3) is 11.8 Å². The molecule has 2 amide bonds. The maximum absolute atomic E-state index is 13.2. The SMILES string of the molecule is O=C(Nc1nc2cc3c(cc2[nH]1)OC(F)(F)O3)c1nsc(NC(=O)c2ccccc2OC(F)(F)F)n1. The molecule has 186 valence electrons. The highest BCUT2D eigenvalue weighted by atomic mass is 32.1.